The zero-order valence-corrected chi connectivity index (χ0v) is 8.24. The minimum absolute atomic E-state index is 0.0294. The molecule has 0 aromatic heterocycles. The standard InChI is InChI=1S/C11H14NO/c1-8-11(2,3)9-6-4-5-7-10(9)12(8)13/h4-8H,1-3H3. The van der Waals surface area contributed by atoms with E-state index in [0.29, 0.717) is 0 Å². The SMILES string of the molecule is CC1[N+]([O-])c2ccccc2C1(C)C. The molecule has 1 aliphatic rings. The average Bonchev–Trinajstić information content (AvgIpc) is 2.30. The first-order valence-corrected chi connectivity index (χ1v) is 4.61. The van der Waals surface area contributed by atoms with E-state index in [2.05, 4.69) is 13.8 Å². The molecule has 0 N–H and O–H groups in total. The maximum absolute atomic E-state index is 11.7. The first kappa shape index (κ1) is 8.73. The van der Waals surface area contributed by atoms with Gasteiger partial charge in [-0.25, -0.2) is 0 Å². The van der Waals surface area contributed by atoms with Gasteiger partial charge < -0.3 is 5.21 Å². The van der Waals surface area contributed by atoms with Gasteiger partial charge in [0.15, 0.2) is 5.69 Å². The van der Waals surface area contributed by atoms with E-state index in [9.17, 15) is 5.21 Å². The molecular formula is C11H14NO. The Balaban J connectivity index is 2.61. The summed E-state index contributed by atoms with van der Waals surface area (Å²) in [5, 5.41) is 12.8. The van der Waals surface area contributed by atoms with E-state index in [1.807, 2.05) is 31.2 Å². The van der Waals surface area contributed by atoms with Crippen LogP contribution in [-0.2, 0) is 5.41 Å². The van der Waals surface area contributed by atoms with Crippen LogP contribution in [0.15, 0.2) is 24.3 Å². The molecule has 0 bridgehead atoms. The fourth-order valence-corrected chi connectivity index (χ4v) is 1.94. The Morgan fingerprint density at radius 2 is 1.92 bits per heavy atom. The van der Waals surface area contributed by atoms with Gasteiger partial charge in [0.25, 0.3) is 0 Å². The normalized spacial score (nSPS) is 26.0. The Labute approximate surface area is 78.8 Å². The lowest BCUT2D eigenvalue weighted by atomic mass is 9.81. The quantitative estimate of drug-likeness (QED) is 0.441. The molecule has 69 valence electrons. The molecule has 1 aromatic rings. The second-order valence-corrected chi connectivity index (χ2v) is 4.24. The van der Waals surface area contributed by atoms with Crippen molar-refractivity contribution >= 4 is 5.69 Å². The van der Waals surface area contributed by atoms with Crippen LogP contribution < -0.4 is 5.06 Å². The second-order valence-electron chi connectivity index (χ2n) is 4.24. The highest BCUT2D eigenvalue weighted by molar-refractivity contribution is 5.57. The highest BCUT2D eigenvalue weighted by Gasteiger charge is 2.46. The number of rotatable bonds is 0. The fourth-order valence-electron chi connectivity index (χ4n) is 1.94. The third-order valence-electron chi connectivity index (χ3n) is 3.23. The molecule has 0 aliphatic carbocycles. The van der Waals surface area contributed by atoms with E-state index >= 15 is 0 Å². The first-order valence-electron chi connectivity index (χ1n) is 4.61. The van der Waals surface area contributed by atoms with Crippen LogP contribution in [-0.4, -0.2) is 6.04 Å². The molecule has 0 saturated carbocycles. The van der Waals surface area contributed by atoms with E-state index in [0.717, 1.165) is 16.3 Å². The summed E-state index contributed by atoms with van der Waals surface area (Å²) in [5.41, 5.74) is 1.97. The van der Waals surface area contributed by atoms with E-state index in [4.69, 9.17) is 0 Å². The number of nitrogens with zero attached hydrogens (tertiary/aromatic N) is 1. The molecule has 1 aliphatic heterocycles. The molecule has 2 heteroatoms. The van der Waals surface area contributed by atoms with E-state index in [1.54, 1.807) is 0 Å². The van der Waals surface area contributed by atoms with Crippen molar-refractivity contribution in [2.45, 2.75) is 32.2 Å². The minimum Gasteiger partial charge on any atom is -0.576 e. The van der Waals surface area contributed by atoms with Crippen LogP contribution in [0.1, 0.15) is 26.3 Å². The molecule has 1 heterocycles. The maximum Gasteiger partial charge on any atom is 0.186 e. The molecule has 1 atom stereocenters. The van der Waals surface area contributed by atoms with Crippen molar-refractivity contribution in [1.82, 2.24) is 5.06 Å². The topological polar surface area (TPSA) is 29.0 Å². The van der Waals surface area contributed by atoms with E-state index in [-0.39, 0.29) is 11.5 Å². The van der Waals surface area contributed by atoms with Gasteiger partial charge in [0.2, 0.25) is 0 Å². The van der Waals surface area contributed by atoms with Crippen molar-refractivity contribution in [2.24, 2.45) is 0 Å². The van der Waals surface area contributed by atoms with Crippen LogP contribution in [0, 0.1) is 5.21 Å². The van der Waals surface area contributed by atoms with Crippen molar-refractivity contribution in [2.75, 3.05) is 0 Å². The van der Waals surface area contributed by atoms with Gasteiger partial charge in [-0.3, -0.25) is 0 Å². The molecule has 0 amide bonds. The van der Waals surface area contributed by atoms with E-state index in [1.165, 1.54) is 0 Å². The largest absolute Gasteiger partial charge is 0.576 e. The Hall–Kier alpha value is -0.860. The van der Waals surface area contributed by atoms with Crippen LogP contribution in [0.3, 0.4) is 0 Å². The number of anilines is 1. The van der Waals surface area contributed by atoms with Gasteiger partial charge >= 0.3 is 0 Å². The van der Waals surface area contributed by atoms with Crippen LogP contribution in [0.4, 0.5) is 5.69 Å². The van der Waals surface area contributed by atoms with Gasteiger partial charge in [-0.1, -0.05) is 18.2 Å². The lowest BCUT2D eigenvalue weighted by Gasteiger charge is -2.22. The molecule has 2 rings (SSSR count). The molecular weight excluding hydrogens is 162 g/mol. The summed E-state index contributed by atoms with van der Waals surface area (Å²) in [4.78, 5) is 0. The lowest BCUT2D eigenvalue weighted by molar-refractivity contribution is 0.384. The summed E-state index contributed by atoms with van der Waals surface area (Å²) < 4.78 is 0. The fraction of sp³-hybridized carbons (Fsp3) is 0.455. The summed E-state index contributed by atoms with van der Waals surface area (Å²) in [5.74, 6) is 0. The van der Waals surface area contributed by atoms with Crippen molar-refractivity contribution in [3.05, 3.63) is 35.0 Å². The summed E-state index contributed by atoms with van der Waals surface area (Å²) in [6.07, 6.45) is 0. The Bertz CT molecular complexity index is 333. The highest BCUT2D eigenvalue weighted by Crippen LogP contribution is 2.43. The highest BCUT2D eigenvalue weighted by atomic mass is 16.5. The predicted molar refractivity (Wildman–Crippen MR) is 54.1 cm³/mol. The number of benzene rings is 1. The third-order valence-corrected chi connectivity index (χ3v) is 3.23. The number of hydrogen-bond acceptors (Lipinski definition) is 2. The van der Waals surface area contributed by atoms with Crippen LogP contribution in [0.2, 0.25) is 0 Å². The number of hydroxylamine groups is 1. The number of para-hydroxylation sites is 1. The Morgan fingerprint density at radius 3 is 2.54 bits per heavy atom. The van der Waals surface area contributed by atoms with Crippen LogP contribution in [0.25, 0.3) is 0 Å². The summed E-state index contributed by atoms with van der Waals surface area (Å²) in [6, 6.07) is 7.88. The average molecular weight is 176 g/mol. The van der Waals surface area contributed by atoms with Crippen molar-refractivity contribution in [3.8, 4) is 0 Å². The second kappa shape index (κ2) is 2.56. The predicted octanol–water partition coefficient (Wildman–Crippen LogP) is 2.64. The summed E-state index contributed by atoms with van der Waals surface area (Å²) in [7, 11) is 0. The molecule has 13 heavy (non-hydrogen) atoms. The van der Waals surface area contributed by atoms with Gasteiger partial charge in [0.1, 0.15) is 6.04 Å². The smallest absolute Gasteiger partial charge is 0.186 e. The van der Waals surface area contributed by atoms with Crippen molar-refractivity contribution < 1.29 is 0 Å². The van der Waals surface area contributed by atoms with Gasteiger partial charge in [0, 0.05) is 11.6 Å². The molecule has 1 aromatic carbocycles. The number of fused-ring (bicyclic) bond motifs is 1. The van der Waals surface area contributed by atoms with Crippen LogP contribution in [0.5, 0.6) is 0 Å². The number of hydrogen-bond donors (Lipinski definition) is 0. The summed E-state index contributed by atoms with van der Waals surface area (Å²) >= 11 is 0. The van der Waals surface area contributed by atoms with E-state index < -0.39 is 0 Å². The molecule has 1 unspecified atom stereocenters. The molecule has 0 saturated heterocycles. The molecule has 2 nitrogen and oxygen atoms in total. The van der Waals surface area contributed by atoms with Crippen molar-refractivity contribution in [1.29, 1.82) is 0 Å². The van der Waals surface area contributed by atoms with Gasteiger partial charge in [-0.2, -0.15) is 5.06 Å². The van der Waals surface area contributed by atoms with Crippen molar-refractivity contribution in [3.63, 3.8) is 0 Å². The Morgan fingerprint density at radius 1 is 1.31 bits per heavy atom. The van der Waals surface area contributed by atoms with Gasteiger partial charge in [-0.15, -0.1) is 0 Å². The summed E-state index contributed by atoms with van der Waals surface area (Å²) in [6.45, 7) is 6.22. The molecule has 0 spiro atoms. The Kier molecular flexibility index (Phi) is 1.72. The minimum atomic E-state index is -0.0294. The van der Waals surface area contributed by atoms with Gasteiger partial charge in [-0.05, 0) is 20.8 Å². The lowest BCUT2D eigenvalue weighted by Crippen LogP contribution is -2.36. The molecule has 0 fully saturated rings. The zero-order valence-electron chi connectivity index (χ0n) is 8.24. The molecule has 1 radical (unpaired) electrons. The van der Waals surface area contributed by atoms with Gasteiger partial charge in [0.05, 0.1) is 5.41 Å². The third kappa shape index (κ3) is 1.02. The van der Waals surface area contributed by atoms with Crippen LogP contribution >= 0.6 is 0 Å². The monoisotopic (exact) mass is 176 g/mol. The maximum atomic E-state index is 11.7. The zero-order chi connectivity index (χ0) is 9.64. The first-order chi connectivity index (χ1) is 6.05.